The minimum absolute atomic E-state index is 0.547. The van der Waals surface area contributed by atoms with Gasteiger partial charge in [-0.15, -0.1) is 0 Å². The Hall–Kier alpha value is -9.40. The summed E-state index contributed by atoms with van der Waals surface area (Å²) < 4.78 is 17.6. The van der Waals surface area contributed by atoms with E-state index < -0.39 is 0 Å². The van der Waals surface area contributed by atoms with Gasteiger partial charge in [0.15, 0.2) is 11.2 Å². The molecule has 318 valence electrons. The second-order valence-corrected chi connectivity index (χ2v) is 17.0. The Morgan fingerprint density at radius 3 is 1.18 bits per heavy atom. The Bertz CT molecular complexity index is 3970. The molecule has 0 amide bonds. The molecule has 6 aromatic heterocycles. The van der Waals surface area contributed by atoms with Gasteiger partial charge < -0.3 is 18.0 Å². The normalized spacial score (nSPS) is 11.8. The number of fused-ring (bicyclic) bond motifs is 8. The van der Waals surface area contributed by atoms with E-state index in [1.807, 2.05) is 73.1 Å². The molecule has 14 rings (SSSR count). The maximum Gasteiger partial charge on any atom is 0.227 e. The van der Waals surface area contributed by atoms with Crippen molar-refractivity contribution in [3.63, 3.8) is 0 Å². The monoisotopic (exact) mass is 872 g/mol. The molecule has 8 aromatic carbocycles. The van der Waals surface area contributed by atoms with Gasteiger partial charge in [-0.05, 0) is 121 Å². The predicted octanol–water partition coefficient (Wildman–Crippen LogP) is 15.3. The summed E-state index contributed by atoms with van der Waals surface area (Å²) in [5.74, 6) is 1.09. The lowest BCUT2D eigenvalue weighted by Gasteiger charge is -2.09. The minimum Gasteiger partial charge on any atom is -0.436 e. The largest absolute Gasteiger partial charge is 0.436 e. The Morgan fingerprint density at radius 2 is 0.735 bits per heavy atom. The van der Waals surface area contributed by atoms with Gasteiger partial charge in [0, 0.05) is 78.7 Å². The maximum absolute atomic E-state index is 6.48. The number of pyridine rings is 2. The quantitative estimate of drug-likeness (QED) is 0.158. The summed E-state index contributed by atoms with van der Waals surface area (Å²) >= 11 is 0. The van der Waals surface area contributed by atoms with Crippen LogP contribution in [0.15, 0.2) is 227 Å². The molecular formula is C60H36N6O2. The highest BCUT2D eigenvalue weighted by Gasteiger charge is 2.20. The smallest absolute Gasteiger partial charge is 0.227 e. The van der Waals surface area contributed by atoms with Crippen LogP contribution in [0.3, 0.4) is 0 Å². The molecule has 0 saturated heterocycles. The summed E-state index contributed by atoms with van der Waals surface area (Å²) in [7, 11) is 0. The molecule has 0 aliphatic carbocycles. The van der Waals surface area contributed by atoms with Crippen molar-refractivity contribution in [1.29, 1.82) is 0 Å². The number of benzene rings is 8. The first kappa shape index (κ1) is 37.9. The molecule has 0 aliphatic rings. The Labute approximate surface area is 388 Å². The molecule has 0 N–H and O–H groups in total. The SMILES string of the molecule is c1ccc(-c2ccc3c(c2)c2ccccc2n3-c2ccc(-c3nc4c(-c5cccc6oc(-c7ccc(-n8c9ccccc9c9cc(-c%10ccccn%10)ccc98)cc7)nc56)cccc4o3)cc2)nc1. The summed E-state index contributed by atoms with van der Waals surface area (Å²) in [6.07, 6.45) is 3.67. The van der Waals surface area contributed by atoms with E-state index >= 15 is 0 Å². The lowest BCUT2D eigenvalue weighted by atomic mass is 10.0. The van der Waals surface area contributed by atoms with Gasteiger partial charge in [-0.3, -0.25) is 9.97 Å². The van der Waals surface area contributed by atoms with Gasteiger partial charge in [0.05, 0.1) is 33.5 Å². The zero-order valence-electron chi connectivity index (χ0n) is 36.3. The van der Waals surface area contributed by atoms with Crippen molar-refractivity contribution in [3.05, 3.63) is 219 Å². The van der Waals surface area contributed by atoms with Crippen LogP contribution >= 0.6 is 0 Å². The second kappa shape index (κ2) is 15.1. The van der Waals surface area contributed by atoms with E-state index in [2.05, 4.69) is 165 Å². The van der Waals surface area contributed by atoms with E-state index in [1.165, 1.54) is 21.5 Å². The first-order chi connectivity index (χ1) is 33.7. The Kier molecular flexibility index (Phi) is 8.41. The van der Waals surface area contributed by atoms with Crippen LogP contribution in [0.4, 0.5) is 0 Å². The van der Waals surface area contributed by atoms with E-state index in [1.54, 1.807) is 0 Å². The van der Waals surface area contributed by atoms with E-state index in [0.29, 0.717) is 22.9 Å². The molecule has 0 spiro atoms. The van der Waals surface area contributed by atoms with E-state index in [9.17, 15) is 0 Å². The zero-order valence-corrected chi connectivity index (χ0v) is 36.3. The van der Waals surface area contributed by atoms with Gasteiger partial charge >= 0.3 is 0 Å². The highest BCUT2D eigenvalue weighted by Crippen LogP contribution is 2.40. The lowest BCUT2D eigenvalue weighted by Crippen LogP contribution is -1.94. The average molecular weight is 873 g/mol. The fourth-order valence-corrected chi connectivity index (χ4v) is 9.97. The number of hydrogen-bond donors (Lipinski definition) is 0. The third kappa shape index (κ3) is 6.01. The topological polar surface area (TPSA) is 87.7 Å². The third-order valence-corrected chi connectivity index (χ3v) is 13.1. The molecule has 6 heterocycles. The van der Waals surface area contributed by atoms with Crippen LogP contribution in [0.2, 0.25) is 0 Å². The predicted molar refractivity (Wildman–Crippen MR) is 273 cm³/mol. The van der Waals surface area contributed by atoms with Crippen LogP contribution in [0.1, 0.15) is 0 Å². The van der Waals surface area contributed by atoms with Crippen molar-refractivity contribution in [2.45, 2.75) is 0 Å². The second-order valence-electron chi connectivity index (χ2n) is 17.0. The number of para-hydroxylation sites is 4. The van der Waals surface area contributed by atoms with Crippen LogP contribution in [0, 0.1) is 0 Å². The number of nitrogens with zero attached hydrogens (tertiary/aromatic N) is 6. The first-order valence-corrected chi connectivity index (χ1v) is 22.6. The van der Waals surface area contributed by atoms with Gasteiger partial charge in [0.2, 0.25) is 11.8 Å². The van der Waals surface area contributed by atoms with Gasteiger partial charge in [-0.2, -0.15) is 0 Å². The first-order valence-electron chi connectivity index (χ1n) is 22.6. The standard InChI is InChI=1S/C60H36N6O2/c1-3-17-51-43(11-1)47-35-39(49-15-5-7-33-61-49)25-31-53(47)65(51)41-27-21-37(22-28-41)59-63-57-45(13-9-19-55(57)67-59)46-14-10-20-56-58(46)64-60(68-56)38-23-29-42(30-24-38)66-52-18-4-2-12-44(52)48-36-40(26-32-54(48)66)50-16-6-8-34-62-50/h1-36H. The zero-order chi connectivity index (χ0) is 44.7. The highest BCUT2D eigenvalue weighted by molar-refractivity contribution is 6.11. The van der Waals surface area contributed by atoms with Crippen LogP contribution in [-0.4, -0.2) is 29.1 Å². The van der Waals surface area contributed by atoms with Crippen molar-refractivity contribution >= 4 is 65.8 Å². The molecule has 0 saturated carbocycles. The molecule has 0 fully saturated rings. The van der Waals surface area contributed by atoms with Gasteiger partial charge in [-0.25, -0.2) is 9.97 Å². The molecule has 8 heteroatoms. The summed E-state index contributed by atoms with van der Waals surface area (Å²) in [4.78, 5) is 19.4. The van der Waals surface area contributed by atoms with Gasteiger partial charge in [0.1, 0.15) is 11.0 Å². The van der Waals surface area contributed by atoms with Crippen LogP contribution in [0.25, 0.3) is 134 Å². The molecule has 14 aromatic rings. The average Bonchev–Trinajstić information content (AvgIpc) is 4.20. The van der Waals surface area contributed by atoms with Crippen molar-refractivity contribution in [3.8, 4) is 67.9 Å². The molecule has 0 bridgehead atoms. The van der Waals surface area contributed by atoms with Gasteiger partial charge in [-0.1, -0.05) is 84.9 Å². The summed E-state index contributed by atoms with van der Waals surface area (Å²) in [6, 6.07) is 71.2. The molecule has 0 aliphatic heterocycles. The van der Waals surface area contributed by atoms with Crippen LogP contribution < -0.4 is 0 Å². The van der Waals surface area contributed by atoms with E-state index in [-0.39, 0.29) is 0 Å². The van der Waals surface area contributed by atoms with Gasteiger partial charge in [0.25, 0.3) is 0 Å². The van der Waals surface area contributed by atoms with Crippen molar-refractivity contribution in [1.82, 2.24) is 29.1 Å². The molecule has 8 nitrogen and oxygen atoms in total. The molecule has 0 atom stereocenters. The van der Waals surface area contributed by atoms with Crippen molar-refractivity contribution in [2.24, 2.45) is 0 Å². The van der Waals surface area contributed by atoms with E-state index in [0.717, 1.165) is 89.2 Å². The molecule has 0 unspecified atom stereocenters. The minimum atomic E-state index is 0.547. The van der Waals surface area contributed by atoms with Crippen molar-refractivity contribution in [2.75, 3.05) is 0 Å². The summed E-state index contributed by atoms with van der Waals surface area (Å²) in [5.41, 5.74) is 17.2. The number of rotatable bonds is 7. The number of hydrogen-bond acceptors (Lipinski definition) is 6. The Balaban J connectivity index is 0.788. The third-order valence-electron chi connectivity index (χ3n) is 13.1. The summed E-state index contributed by atoms with van der Waals surface area (Å²) in [6.45, 7) is 0. The maximum atomic E-state index is 6.48. The molecule has 68 heavy (non-hydrogen) atoms. The van der Waals surface area contributed by atoms with Crippen LogP contribution in [0.5, 0.6) is 0 Å². The fraction of sp³-hybridized carbons (Fsp3) is 0. The molecular weight excluding hydrogens is 837 g/mol. The summed E-state index contributed by atoms with van der Waals surface area (Å²) in [5, 5.41) is 4.74. The Morgan fingerprint density at radius 1 is 0.324 bits per heavy atom. The van der Waals surface area contributed by atoms with E-state index in [4.69, 9.17) is 18.8 Å². The fourth-order valence-electron chi connectivity index (χ4n) is 9.97. The lowest BCUT2D eigenvalue weighted by molar-refractivity contribution is 0.619. The van der Waals surface area contributed by atoms with Crippen molar-refractivity contribution < 1.29 is 8.83 Å². The number of aromatic nitrogens is 6. The molecule has 0 radical (unpaired) electrons. The highest BCUT2D eigenvalue weighted by atomic mass is 16.4. The van der Waals surface area contributed by atoms with Crippen LogP contribution in [-0.2, 0) is 0 Å². The number of oxazole rings is 2.